The lowest BCUT2D eigenvalue weighted by Crippen LogP contribution is -2.26. The maximum Gasteiger partial charge on any atom is 0.150 e. The van der Waals surface area contributed by atoms with Gasteiger partial charge in [0.25, 0.3) is 0 Å². The molecule has 0 saturated carbocycles. The van der Waals surface area contributed by atoms with Gasteiger partial charge in [-0.05, 0) is 55.8 Å². The molecule has 0 spiro atoms. The molecule has 150 valence electrons. The van der Waals surface area contributed by atoms with Gasteiger partial charge >= 0.3 is 0 Å². The largest absolute Gasteiger partial charge is 0.488 e. The number of para-hydroxylation sites is 1. The maximum absolute atomic E-state index is 6.25. The van der Waals surface area contributed by atoms with Crippen LogP contribution in [0, 0.1) is 13.8 Å². The van der Waals surface area contributed by atoms with Gasteiger partial charge in [-0.1, -0.05) is 57.9 Å². The zero-order chi connectivity index (χ0) is 20.7. The molecule has 1 aliphatic rings. The van der Waals surface area contributed by atoms with Gasteiger partial charge in [-0.2, -0.15) is 5.10 Å². The molecule has 1 aliphatic heterocycles. The van der Waals surface area contributed by atoms with Gasteiger partial charge in [-0.3, -0.25) is 0 Å². The lowest BCUT2D eigenvalue weighted by atomic mass is 10.0. The Morgan fingerprint density at radius 3 is 2.63 bits per heavy atom. The number of anilines is 1. The molecule has 0 fully saturated rings. The molecule has 5 rings (SSSR count). The standard InChI is InChI=1S/C25H22BrN3O/c1-16-7-12-22-21(13-16)23-14-17(2)28-29(23)25(27-22)20-5-3-4-6-24(20)30-15-18-8-10-19(26)11-9-18/h3-14,25,27H,15H2,1-2H3/t25-/m1/s1. The van der Waals surface area contributed by atoms with Crippen molar-refractivity contribution in [2.45, 2.75) is 26.6 Å². The molecule has 0 radical (unpaired) electrons. The SMILES string of the molecule is Cc1ccc2c(c1)-c1cc(C)nn1[C@H](c1ccccc1OCc1ccc(Br)cc1)N2. The van der Waals surface area contributed by atoms with Crippen LogP contribution in [0.4, 0.5) is 5.69 Å². The molecule has 1 aromatic heterocycles. The molecule has 0 unspecified atom stereocenters. The Balaban J connectivity index is 1.51. The van der Waals surface area contributed by atoms with Gasteiger partial charge in [-0.25, -0.2) is 4.68 Å². The van der Waals surface area contributed by atoms with Crippen LogP contribution in [0.15, 0.2) is 77.3 Å². The van der Waals surface area contributed by atoms with E-state index in [9.17, 15) is 0 Å². The Morgan fingerprint density at radius 1 is 1.00 bits per heavy atom. The van der Waals surface area contributed by atoms with Crippen molar-refractivity contribution < 1.29 is 4.74 Å². The van der Waals surface area contributed by atoms with Gasteiger partial charge < -0.3 is 10.1 Å². The van der Waals surface area contributed by atoms with Crippen LogP contribution in [-0.4, -0.2) is 9.78 Å². The highest BCUT2D eigenvalue weighted by Crippen LogP contribution is 2.41. The third kappa shape index (κ3) is 3.50. The van der Waals surface area contributed by atoms with Gasteiger partial charge in [0, 0.05) is 21.3 Å². The number of hydrogen-bond acceptors (Lipinski definition) is 3. The third-order valence-corrected chi connectivity index (χ3v) is 5.90. The summed E-state index contributed by atoms with van der Waals surface area (Å²) in [5.41, 5.74) is 7.83. The van der Waals surface area contributed by atoms with Crippen molar-refractivity contribution in [1.82, 2.24) is 9.78 Å². The second kappa shape index (κ2) is 7.65. The molecule has 3 aromatic carbocycles. The van der Waals surface area contributed by atoms with Crippen LogP contribution in [0.3, 0.4) is 0 Å². The molecule has 4 aromatic rings. The van der Waals surface area contributed by atoms with E-state index in [4.69, 9.17) is 9.84 Å². The molecule has 1 atom stereocenters. The van der Waals surface area contributed by atoms with Crippen LogP contribution >= 0.6 is 15.9 Å². The number of hydrogen-bond donors (Lipinski definition) is 1. The van der Waals surface area contributed by atoms with Crippen LogP contribution in [0.5, 0.6) is 5.75 Å². The molecular weight excluding hydrogens is 438 g/mol. The fourth-order valence-electron chi connectivity index (χ4n) is 3.91. The van der Waals surface area contributed by atoms with Crippen molar-refractivity contribution in [1.29, 1.82) is 0 Å². The Kier molecular flexibility index (Phi) is 4.83. The van der Waals surface area contributed by atoms with Gasteiger partial charge in [0.15, 0.2) is 6.17 Å². The van der Waals surface area contributed by atoms with E-state index in [0.717, 1.165) is 38.4 Å². The number of benzene rings is 3. The van der Waals surface area contributed by atoms with Gasteiger partial charge in [0.05, 0.1) is 11.4 Å². The Hall–Kier alpha value is -3.05. The maximum atomic E-state index is 6.25. The van der Waals surface area contributed by atoms with E-state index in [1.54, 1.807) is 0 Å². The quantitative estimate of drug-likeness (QED) is 0.379. The number of halogens is 1. The highest BCUT2D eigenvalue weighted by molar-refractivity contribution is 9.10. The fraction of sp³-hybridized carbons (Fsp3) is 0.160. The second-order valence-corrected chi connectivity index (χ2v) is 8.58. The zero-order valence-corrected chi connectivity index (χ0v) is 18.5. The van der Waals surface area contributed by atoms with Crippen LogP contribution in [0.1, 0.15) is 28.6 Å². The van der Waals surface area contributed by atoms with Gasteiger partial charge in [-0.15, -0.1) is 0 Å². The minimum atomic E-state index is -0.134. The summed E-state index contributed by atoms with van der Waals surface area (Å²) in [6.07, 6.45) is -0.134. The molecular formula is C25H22BrN3O. The Bertz CT molecular complexity index is 1210. The van der Waals surface area contributed by atoms with Crippen LogP contribution < -0.4 is 10.1 Å². The number of aromatic nitrogens is 2. The summed E-state index contributed by atoms with van der Waals surface area (Å²) in [7, 11) is 0. The number of rotatable bonds is 4. The minimum Gasteiger partial charge on any atom is -0.488 e. The van der Waals surface area contributed by atoms with Crippen molar-refractivity contribution >= 4 is 21.6 Å². The molecule has 30 heavy (non-hydrogen) atoms. The lowest BCUT2D eigenvalue weighted by Gasteiger charge is -2.30. The first-order valence-electron chi connectivity index (χ1n) is 9.98. The summed E-state index contributed by atoms with van der Waals surface area (Å²) in [4.78, 5) is 0. The van der Waals surface area contributed by atoms with Crippen molar-refractivity contribution in [2.24, 2.45) is 0 Å². The number of nitrogens with zero attached hydrogens (tertiary/aromatic N) is 2. The van der Waals surface area contributed by atoms with Crippen molar-refractivity contribution in [2.75, 3.05) is 5.32 Å². The van der Waals surface area contributed by atoms with Crippen molar-refractivity contribution in [3.8, 4) is 17.0 Å². The fourth-order valence-corrected chi connectivity index (χ4v) is 4.17. The normalized spacial score (nSPS) is 14.6. The van der Waals surface area contributed by atoms with E-state index in [1.807, 2.05) is 37.3 Å². The third-order valence-electron chi connectivity index (χ3n) is 5.37. The van der Waals surface area contributed by atoms with Crippen LogP contribution in [-0.2, 0) is 6.61 Å². The van der Waals surface area contributed by atoms with E-state index in [0.29, 0.717) is 6.61 Å². The van der Waals surface area contributed by atoms with Crippen molar-refractivity contribution in [3.63, 3.8) is 0 Å². The summed E-state index contributed by atoms with van der Waals surface area (Å²) < 4.78 is 9.38. The van der Waals surface area contributed by atoms with E-state index in [-0.39, 0.29) is 6.17 Å². The summed E-state index contributed by atoms with van der Waals surface area (Å²) >= 11 is 3.48. The zero-order valence-electron chi connectivity index (χ0n) is 16.9. The van der Waals surface area contributed by atoms with Crippen molar-refractivity contribution in [3.05, 3.63) is 99.7 Å². The number of fused-ring (bicyclic) bond motifs is 3. The summed E-state index contributed by atoms with van der Waals surface area (Å²) in [6, 6.07) is 25.0. The number of ether oxygens (including phenoxy) is 1. The average Bonchev–Trinajstić information content (AvgIpc) is 3.15. The van der Waals surface area contributed by atoms with E-state index < -0.39 is 0 Å². The summed E-state index contributed by atoms with van der Waals surface area (Å²) in [6.45, 7) is 4.66. The first-order chi connectivity index (χ1) is 14.6. The van der Waals surface area contributed by atoms with E-state index >= 15 is 0 Å². The molecule has 4 nitrogen and oxygen atoms in total. The van der Waals surface area contributed by atoms with E-state index in [1.165, 1.54) is 11.1 Å². The summed E-state index contributed by atoms with van der Waals surface area (Å²) in [5.74, 6) is 0.854. The number of aryl methyl sites for hydroxylation is 2. The predicted molar refractivity (Wildman–Crippen MR) is 124 cm³/mol. The Morgan fingerprint density at radius 2 is 1.80 bits per heavy atom. The molecule has 5 heteroatoms. The highest BCUT2D eigenvalue weighted by atomic mass is 79.9. The molecule has 1 N–H and O–H groups in total. The molecule has 0 amide bonds. The molecule has 0 saturated heterocycles. The second-order valence-electron chi connectivity index (χ2n) is 7.66. The lowest BCUT2D eigenvalue weighted by molar-refractivity contribution is 0.299. The average molecular weight is 460 g/mol. The molecule has 2 heterocycles. The molecule has 0 aliphatic carbocycles. The van der Waals surface area contributed by atoms with Crippen LogP contribution in [0.2, 0.25) is 0 Å². The first-order valence-corrected chi connectivity index (χ1v) is 10.8. The minimum absolute atomic E-state index is 0.134. The number of nitrogens with one attached hydrogen (secondary N) is 1. The van der Waals surface area contributed by atoms with E-state index in [2.05, 4.69) is 75.3 Å². The smallest absolute Gasteiger partial charge is 0.150 e. The summed E-state index contributed by atoms with van der Waals surface area (Å²) in [5, 5.41) is 8.47. The first kappa shape index (κ1) is 18.9. The van der Waals surface area contributed by atoms with Crippen LogP contribution in [0.25, 0.3) is 11.3 Å². The monoisotopic (exact) mass is 459 g/mol. The topological polar surface area (TPSA) is 39.1 Å². The van der Waals surface area contributed by atoms with Gasteiger partial charge in [0.1, 0.15) is 12.4 Å². The van der Waals surface area contributed by atoms with Gasteiger partial charge in [0.2, 0.25) is 0 Å². The predicted octanol–water partition coefficient (Wildman–Crippen LogP) is 6.48. The highest BCUT2D eigenvalue weighted by Gasteiger charge is 2.28. The Labute approximate surface area is 184 Å². The molecule has 0 bridgehead atoms.